The van der Waals surface area contributed by atoms with Crippen molar-refractivity contribution < 1.29 is 0 Å². The predicted molar refractivity (Wildman–Crippen MR) is 98.8 cm³/mol. The van der Waals surface area contributed by atoms with Crippen LogP contribution in [0.15, 0.2) is 0 Å². The summed E-state index contributed by atoms with van der Waals surface area (Å²) in [6.07, 6.45) is 8.83. The molecule has 2 aliphatic carbocycles. The van der Waals surface area contributed by atoms with Crippen LogP contribution in [0.5, 0.6) is 0 Å². The second kappa shape index (κ2) is 7.71. The third-order valence-corrected chi connectivity index (χ3v) is 7.61. The van der Waals surface area contributed by atoms with Crippen molar-refractivity contribution >= 4 is 0 Å². The maximum absolute atomic E-state index is 2.55. The van der Waals surface area contributed by atoms with E-state index in [-0.39, 0.29) is 0 Å². The second-order valence-corrected chi connectivity index (χ2v) is 9.66. The van der Waals surface area contributed by atoms with Crippen LogP contribution < -0.4 is 0 Å². The lowest BCUT2D eigenvalue weighted by atomic mass is 9.61. The van der Waals surface area contributed by atoms with E-state index in [9.17, 15) is 0 Å². The lowest BCUT2D eigenvalue weighted by Gasteiger charge is -2.44. The van der Waals surface area contributed by atoms with Gasteiger partial charge in [0.05, 0.1) is 0 Å². The number of fused-ring (bicyclic) bond motifs is 1. The Morgan fingerprint density at radius 2 is 1.55 bits per heavy atom. The predicted octanol–water partition coefficient (Wildman–Crippen LogP) is 7.04. The molecule has 130 valence electrons. The van der Waals surface area contributed by atoms with Crippen molar-refractivity contribution in [2.75, 3.05) is 0 Å². The zero-order chi connectivity index (χ0) is 16.4. The van der Waals surface area contributed by atoms with E-state index in [1.54, 1.807) is 6.42 Å². The molecule has 2 saturated carbocycles. The molecule has 0 saturated heterocycles. The normalized spacial score (nSPS) is 41.5. The molecule has 0 aromatic carbocycles. The molecule has 8 atom stereocenters. The first-order valence-electron chi connectivity index (χ1n) is 10.3. The summed E-state index contributed by atoms with van der Waals surface area (Å²) < 4.78 is 0. The average molecular weight is 307 g/mol. The van der Waals surface area contributed by atoms with Crippen molar-refractivity contribution in [2.24, 2.45) is 53.3 Å². The highest BCUT2D eigenvalue weighted by Gasteiger charge is 2.48. The highest BCUT2D eigenvalue weighted by molar-refractivity contribution is 4.97. The molecule has 0 bridgehead atoms. The van der Waals surface area contributed by atoms with Crippen LogP contribution in [-0.4, -0.2) is 0 Å². The molecule has 0 nitrogen and oxygen atoms in total. The minimum Gasteiger partial charge on any atom is -0.0654 e. The van der Waals surface area contributed by atoms with Crippen LogP contribution in [0.4, 0.5) is 0 Å². The largest absolute Gasteiger partial charge is 0.0654 e. The minimum absolute atomic E-state index is 0.881. The molecule has 0 N–H and O–H groups in total. The average Bonchev–Trinajstić information content (AvgIpc) is 2.73. The van der Waals surface area contributed by atoms with Crippen molar-refractivity contribution in [3.05, 3.63) is 0 Å². The number of hydrogen-bond acceptors (Lipinski definition) is 0. The van der Waals surface area contributed by atoms with Gasteiger partial charge >= 0.3 is 0 Å². The summed E-state index contributed by atoms with van der Waals surface area (Å²) in [5.41, 5.74) is 0. The quantitative estimate of drug-likeness (QED) is 0.493. The maximum Gasteiger partial charge on any atom is -0.0326 e. The third kappa shape index (κ3) is 3.90. The molecule has 2 rings (SSSR count). The van der Waals surface area contributed by atoms with Crippen LogP contribution in [0.25, 0.3) is 0 Å². The first-order valence-corrected chi connectivity index (χ1v) is 10.3. The van der Waals surface area contributed by atoms with E-state index in [0.717, 1.165) is 53.3 Å². The summed E-state index contributed by atoms with van der Waals surface area (Å²) in [6, 6.07) is 0. The first kappa shape index (κ1) is 18.3. The Morgan fingerprint density at radius 3 is 2.14 bits per heavy atom. The molecule has 0 amide bonds. The Balaban J connectivity index is 2.03. The SMILES string of the molecule is CCCC(C)C(C)CC1CC(C(C)C)C2C(C)CC(C)C2C1. The van der Waals surface area contributed by atoms with Crippen molar-refractivity contribution in [1.82, 2.24) is 0 Å². The van der Waals surface area contributed by atoms with Gasteiger partial charge in [0.1, 0.15) is 0 Å². The Labute approximate surface area is 140 Å². The zero-order valence-corrected chi connectivity index (χ0v) is 16.4. The van der Waals surface area contributed by atoms with Gasteiger partial charge in [-0.3, -0.25) is 0 Å². The zero-order valence-electron chi connectivity index (χ0n) is 16.4. The number of hydrogen-bond donors (Lipinski definition) is 0. The summed E-state index contributed by atoms with van der Waals surface area (Å²) in [4.78, 5) is 0. The van der Waals surface area contributed by atoms with E-state index in [1.165, 1.54) is 32.1 Å². The van der Waals surface area contributed by atoms with Crippen LogP contribution in [0.1, 0.15) is 87.0 Å². The van der Waals surface area contributed by atoms with Gasteiger partial charge in [-0.25, -0.2) is 0 Å². The lowest BCUT2D eigenvalue weighted by molar-refractivity contribution is 0.0488. The molecule has 0 spiro atoms. The van der Waals surface area contributed by atoms with Crippen LogP contribution in [0, 0.1) is 53.3 Å². The summed E-state index contributed by atoms with van der Waals surface area (Å²) in [5, 5.41) is 0. The molecule has 0 radical (unpaired) electrons. The highest BCUT2D eigenvalue weighted by atomic mass is 14.5. The Morgan fingerprint density at radius 1 is 0.864 bits per heavy atom. The Bertz CT molecular complexity index is 331. The van der Waals surface area contributed by atoms with Gasteiger partial charge in [0.2, 0.25) is 0 Å². The van der Waals surface area contributed by atoms with Crippen molar-refractivity contribution in [1.29, 1.82) is 0 Å². The summed E-state index contributed by atoms with van der Waals surface area (Å²) in [7, 11) is 0. The standard InChI is InChI=1S/C22H42/c1-8-9-15(4)16(5)11-19-12-20(14(2)3)22-18(7)10-17(6)21(22)13-19/h14-22H,8-13H2,1-7H3. The van der Waals surface area contributed by atoms with E-state index in [0.29, 0.717) is 0 Å². The van der Waals surface area contributed by atoms with Crippen molar-refractivity contribution in [2.45, 2.75) is 87.0 Å². The van der Waals surface area contributed by atoms with E-state index in [4.69, 9.17) is 0 Å². The molecule has 2 aliphatic rings. The third-order valence-electron chi connectivity index (χ3n) is 7.61. The minimum atomic E-state index is 0.881. The van der Waals surface area contributed by atoms with Crippen molar-refractivity contribution in [3.63, 3.8) is 0 Å². The van der Waals surface area contributed by atoms with Gasteiger partial charge in [-0.15, -0.1) is 0 Å². The maximum atomic E-state index is 2.55. The summed E-state index contributed by atoms with van der Waals surface area (Å²) in [5.74, 6) is 8.75. The van der Waals surface area contributed by atoms with E-state index in [2.05, 4.69) is 48.5 Å². The fourth-order valence-corrected chi connectivity index (χ4v) is 6.28. The van der Waals surface area contributed by atoms with Crippen molar-refractivity contribution in [3.8, 4) is 0 Å². The molecule has 8 unspecified atom stereocenters. The topological polar surface area (TPSA) is 0 Å². The second-order valence-electron chi connectivity index (χ2n) is 9.66. The van der Waals surface area contributed by atoms with E-state index >= 15 is 0 Å². The summed E-state index contributed by atoms with van der Waals surface area (Å²) >= 11 is 0. The van der Waals surface area contributed by atoms with Gasteiger partial charge in [-0.1, -0.05) is 61.3 Å². The molecule has 2 fully saturated rings. The lowest BCUT2D eigenvalue weighted by Crippen LogP contribution is -2.37. The van der Waals surface area contributed by atoms with Gasteiger partial charge in [-0.2, -0.15) is 0 Å². The molecule has 0 aromatic rings. The number of rotatable bonds is 6. The molecule has 0 aliphatic heterocycles. The van der Waals surface area contributed by atoms with Crippen LogP contribution in [0.2, 0.25) is 0 Å². The van der Waals surface area contributed by atoms with Crippen LogP contribution in [-0.2, 0) is 0 Å². The van der Waals surface area contributed by atoms with E-state index in [1.807, 2.05) is 0 Å². The molecule has 22 heavy (non-hydrogen) atoms. The monoisotopic (exact) mass is 306 g/mol. The van der Waals surface area contributed by atoms with Crippen LogP contribution >= 0.6 is 0 Å². The fraction of sp³-hybridized carbons (Fsp3) is 1.00. The fourth-order valence-electron chi connectivity index (χ4n) is 6.28. The van der Waals surface area contributed by atoms with Gasteiger partial charge in [-0.05, 0) is 78.9 Å². The Hall–Kier alpha value is 0. The summed E-state index contributed by atoms with van der Waals surface area (Å²) in [6.45, 7) is 17.4. The highest BCUT2D eigenvalue weighted by Crippen LogP contribution is 2.55. The first-order chi connectivity index (χ1) is 10.3. The van der Waals surface area contributed by atoms with Crippen LogP contribution in [0.3, 0.4) is 0 Å². The van der Waals surface area contributed by atoms with Gasteiger partial charge in [0, 0.05) is 0 Å². The van der Waals surface area contributed by atoms with E-state index < -0.39 is 0 Å². The molecule has 0 heteroatoms. The molecular weight excluding hydrogens is 264 g/mol. The molecular formula is C22H42. The van der Waals surface area contributed by atoms with Gasteiger partial charge in [0.25, 0.3) is 0 Å². The van der Waals surface area contributed by atoms with Gasteiger partial charge < -0.3 is 0 Å². The molecule has 0 aromatic heterocycles. The Kier molecular flexibility index (Phi) is 6.43. The smallest absolute Gasteiger partial charge is 0.0326 e. The molecule has 0 heterocycles. The van der Waals surface area contributed by atoms with Gasteiger partial charge in [0.15, 0.2) is 0 Å².